The van der Waals surface area contributed by atoms with Gasteiger partial charge >= 0.3 is 0 Å². The quantitative estimate of drug-likeness (QED) is 0.693. The molecule has 2 atom stereocenters. The molecule has 2 unspecified atom stereocenters. The van der Waals surface area contributed by atoms with E-state index in [9.17, 15) is 0 Å². The van der Waals surface area contributed by atoms with Crippen LogP contribution < -0.4 is 5.73 Å². The molecule has 5 heteroatoms. The van der Waals surface area contributed by atoms with Crippen LogP contribution in [0.15, 0.2) is 0 Å². The molecule has 2 N–H and O–H groups in total. The molecule has 0 radical (unpaired) electrons. The van der Waals surface area contributed by atoms with Gasteiger partial charge in [-0.1, -0.05) is 6.92 Å². The fourth-order valence-corrected chi connectivity index (χ4v) is 2.84. The summed E-state index contributed by atoms with van der Waals surface area (Å²) >= 11 is 0. The highest BCUT2D eigenvalue weighted by Crippen LogP contribution is 2.25. The van der Waals surface area contributed by atoms with E-state index < -0.39 is 0 Å². The van der Waals surface area contributed by atoms with Crippen LogP contribution in [0.1, 0.15) is 26.7 Å². The molecule has 0 spiro atoms. The van der Waals surface area contributed by atoms with Crippen molar-refractivity contribution >= 4 is 0 Å². The Morgan fingerprint density at radius 2 is 1.95 bits per heavy atom. The fourth-order valence-electron chi connectivity index (χ4n) is 2.84. The number of ether oxygens (including phenoxy) is 2. The van der Waals surface area contributed by atoms with Crippen molar-refractivity contribution in [3.8, 4) is 0 Å². The fraction of sp³-hybridized carbons (Fsp3) is 1.00. The molecule has 19 heavy (non-hydrogen) atoms. The summed E-state index contributed by atoms with van der Waals surface area (Å²) in [6.07, 6.45) is 1.79. The molecule has 1 rings (SSSR count). The Labute approximate surface area is 118 Å². The number of nitrogens with two attached hydrogens (primary N) is 1. The van der Waals surface area contributed by atoms with Crippen molar-refractivity contribution in [2.45, 2.75) is 44.6 Å². The second-order valence-electron chi connectivity index (χ2n) is 5.79. The first-order valence-corrected chi connectivity index (χ1v) is 7.21. The van der Waals surface area contributed by atoms with Gasteiger partial charge in [-0.25, -0.2) is 0 Å². The first-order chi connectivity index (χ1) is 9.00. The first-order valence-electron chi connectivity index (χ1n) is 7.21. The maximum Gasteiger partial charge on any atom is 0.158 e. The van der Waals surface area contributed by atoms with Crippen molar-refractivity contribution in [2.24, 2.45) is 5.73 Å². The lowest BCUT2D eigenvalue weighted by molar-refractivity contribution is -0.132. The van der Waals surface area contributed by atoms with Gasteiger partial charge in [0.05, 0.1) is 0 Å². The zero-order chi connectivity index (χ0) is 14.5. The topological polar surface area (TPSA) is 51.0 Å². The maximum atomic E-state index is 6.05. The highest BCUT2D eigenvalue weighted by Gasteiger charge is 2.37. The molecule has 0 amide bonds. The Morgan fingerprint density at radius 1 is 1.32 bits per heavy atom. The number of methoxy groups -OCH3 is 2. The van der Waals surface area contributed by atoms with Crippen LogP contribution in [0.5, 0.6) is 0 Å². The van der Waals surface area contributed by atoms with Gasteiger partial charge < -0.3 is 20.1 Å². The molecule has 114 valence electrons. The van der Waals surface area contributed by atoms with E-state index in [1.165, 1.54) is 6.42 Å². The number of nitrogens with zero attached hydrogens (tertiary/aromatic N) is 2. The van der Waals surface area contributed by atoms with E-state index in [0.29, 0.717) is 12.6 Å². The molecule has 1 aliphatic heterocycles. The van der Waals surface area contributed by atoms with E-state index in [2.05, 4.69) is 30.7 Å². The standard InChI is InChI=1S/C14H31N3O2/c1-6-12-10-17(8-7-16(12)3)14(2,11-15)9-13(18-4)19-5/h12-13H,6-11,15H2,1-5H3. The molecule has 5 nitrogen and oxygen atoms in total. The Balaban J connectivity index is 2.72. The number of piperazine rings is 1. The predicted octanol–water partition coefficient (Wildman–Crippen LogP) is 0.739. The van der Waals surface area contributed by atoms with Gasteiger partial charge in [-0.3, -0.25) is 4.90 Å². The lowest BCUT2D eigenvalue weighted by atomic mass is 9.92. The highest BCUT2D eigenvalue weighted by atomic mass is 16.7. The van der Waals surface area contributed by atoms with E-state index in [1.807, 2.05) is 0 Å². The summed E-state index contributed by atoms with van der Waals surface area (Å²) in [4.78, 5) is 4.95. The van der Waals surface area contributed by atoms with Crippen LogP contribution in [0, 0.1) is 0 Å². The molecular formula is C14H31N3O2. The van der Waals surface area contributed by atoms with Crippen molar-refractivity contribution in [2.75, 3.05) is 47.4 Å². The average Bonchev–Trinajstić information content (AvgIpc) is 2.44. The number of rotatable bonds is 7. The zero-order valence-corrected chi connectivity index (χ0v) is 13.2. The van der Waals surface area contributed by atoms with Gasteiger partial charge in [0.25, 0.3) is 0 Å². The minimum atomic E-state index is -0.187. The Hall–Kier alpha value is -0.200. The van der Waals surface area contributed by atoms with E-state index in [1.54, 1.807) is 14.2 Å². The molecule has 0 aromatic rings. The summed E-state index contributed by atoms with van der Waals surface area (Å²) in [6.45, 7) is 8.31. The molecule has 0 aliphatic carbocycles. The number of likely N-dealkylation sites (N-methyl/N-ethyl adjacent to an activating group) is 1. The number of hydrogen-bond donors (Lipinski definition) is 1. The second kappa shape index (κ2) is 7.55. The van der Waals surface area contributed by atoms with Crippen LogP contribution in [-0.4, -0.2) is 75.1 Å². The summed E-state index contributed by atoms with van der Waals surface area (Å²) in [5, 5.41) is 0. The lowest BCUT2D eigenvalue weighted by Gasteiger charge is -2.48. The molecule has 0 saturated carbocycles. The van der Waals surface area contributed by atoms with Gasteiger partial charge in [0, 0.05) is 58.4 Å². The predicted molar refractivity (Wildman–Crippen MR) is 78.2 cm³/mol. The maximum absolute atomic E-state index is 6.05. The zero-order valence-electron chi connectivity index (χ0n) is 13.2. The van der Waals surface area contributed by atoms with Crippen LogP contribution in [0.3, 0.4) is 0 Å². The second-order valence-corrected chi connectivity index (χ2v) is 5.79. The molecule has 1 aliphatic rings. The molecule has 1 heterocycles. The third-order valence-electron chi connectivity index (χ3n) is 4.58. The van der Waals surface area contributed by atoms with Crippen molar-refractivity contribution in [3.63, 3.8) is 0 Å². The van der Waals surface area contributed by atoms with Gasteiger partial charge in [0.1, 0.15) is 0 Å². The third-order valence-corrected chi connectivity index (χ3v) is 4.58. The van der Waals surface area contributed by atoms with Crippen LogP contribution in [0.2, 0.25) is 0 Å². The lowest BCUT2D eigenvalue weighted by Crippen LogP contribution is -2.62. The first kappa shape index (κ1) is 16.9. The molecule has 1 fully saturated rings. The normalized spacial score (nSPS) is 25.7. The number of hydrogen-bond acceptors (Lipinski definition) is 5. The van der Waals surface area contributed by atoms with Crippen molar-refractivity contribution < 1.29 is 9.47 Å². The van der Waals surface area contributed by atoms with Gasteiger partial charge in [-0.05, 0) is 20.4 Å². The monoisotopic (exact) mass is 273 g/mol. The van der Waals surface area contributed by atoms with Crippen LogP contribution in [-0.2, 0) is 9.47 Å². The summed E-state index contributed by atoms with van der Waals surface area (Å²) in [6, 6.07) is 0.614. The van der Waals surface area contributed by atoms with Gasteiger partial charge in [-0.2, -0.15) is 0 Å². The van der Waals surface area contributed by atoms with Crippen molar-refractivity contribution in [1.82, 2.24) is 9.80 Å². The molecule has 0 aromatic carbocycles. The van der Waals surface area contributed by atoms with Crippen molar-refractivity contribution in [3.05, 3.63) is 0 Å². The third kappa shape index (κ3) is 4.13. The SMILES string of the molecule is CCC1CN(C(C)(CN)CC(OC)OC)CCN1C. The Kier molecular flexibility index (Phi) is 6.69. The van der Waals surface area contributed by atoms with Gasteiger partial charge in [-0.15, -0.1) is 0 Å². The van der Waals surface area contributed by atoms with E-state index in [-0.39, 0.29) is 11.8 Å². The smallest absolute Gasteiger partial charge is 0.158 e. The average molecular weight is 273 g/mol. The van der Waals surface area contributed by atoms with Gasteiger partial charge in [0.2, 0.25) is 0 Å². The van der Waals surface area contributed by atoms with E-state index >= 15 is 0 Å². The van der Waals surface area contributed by atoms with E-state index in [4.69, 9.17) is 15.2 Å². The molecule has 0 bridgehead atoms. The minimum Gasteiger partial charge on any atom is -0.356 e. The van der Waals surface area contributed by atoms with Crippen LogP contribution in [0.25, 0.3) is 0 Å². The summed E-state index contributed by atoms with van der Waals surface area (Å²) in [5.41, 5.74) is 5.99. The van der Waals surface area contributed by atoms with Crippen LogP contribution in [0.4, 0.5) is 0 Å². The Bertz CT molecular complexity index is 261. The minimum absolute atomic E-state index is 0.0641. The largest absolute Gasteiger partial charge is 0.356 e. The molecule has 1 saturated heterocycles. The molecule has 0 aromatic heterocycles. The van der Waals surface area contributed by atoms with Gasteiger partial charge in [0.15, 0.2) is 6.29 Å². The van der Waals surface area contributed by atoms with Crippen LogP contribution >= 0.6 is 0 Å². The van der Waals surface area contributed by atoms with E-state index in [0.717, 1.165) is 26.1 Å². The molecular weight excluding hydrogens is 242 g/mol. The summed E-state index contributed by atoms with van der Waals surface area (Å²) in [5.74, 6) is 0. The summed E-state index contributed by atoms with van der Waals surface area (Å²) < 4.78 is 10.7. The summed E-state index contributed by atoms with van der Waals surface area (Å²) in [7, 11) is 5.58. The Morgan fingerprint density at radius 3 is 2.42 bits per heavy atom. The highest BCUT2D eigenvalue weighted by molar-refractivity contribution is 4.93. The van der Waals surface area contributed by atoms with Crippen molar-refractivity contribution in [1.29, 1.82) is 0 Å².